The molecule has 1 heterocycles. The topological polar surface area (TPSA) is 70.6 Å². The van der Waals surface area contributed by atoms with E-state index in [0.29, 0.717) is 23.8 Å². The number of sulfone groups is 1. The molecule has 1 aromatic heterocycles. The molecule has 0 fully saturated rings. The van der Waals surface area contributed by atoms with Crippen LogP contribution >= 0.6 is 35.3 Å². The van der Waals surface area contributed by atoms with Crippen LogP contribution in [-0.4, -0.2) is 33.2 Å². The minimum Gasteiger partial charge on any atom is -0.353 e. The molecule has 0 amide bonds. The molecule has 0 radical (unpaired) electrons. The van der Waals surface area contributed by atoms with Gasteiger partial charge in [0.2, 0.25) is 0 Å². The van der Waals surface area contributed by atoms with Crippen LogP contribution in [0.2, 0.25) is 0 Å². The van der Waals surface area contributed by atoms with E-state index < -0.39 is 9.84 Å². The molecule has 2 aromatic rings. The first-order valence-corrected chi connectivity index (χ1v) is 10.4. The molecule has 0 aliphatic heterocycles. The SMILES string of the molecule is CCC(CS(=O)(=O)c1ccccc1)NC(=NC)NCc1cccs1.I. The standard InChI is InChI=1S/C17H23N3O2S2.HI/c1-3-14(13-24(21,22)16-9-5-4-6-10-16)20-17(18-2)19-12-15-8-7-11-23-15;/h4-11,14H,3,12-13H2,1-2H3,(H2,18,19,20);1H. The molecule has 138 valence electrons. The molecule has 2 rings (SSSR count). The molecule has 0 bridgehead atoms. The van der Waals surface area contributed by atoms with Crippen molar-refractivity contribution in [1.29, 1.82) is 0 Å². The van der Waals surface area contributed by atoms with E-state index in [1.807, 2.05) is 30.5 Å². The maximum absolute atomic E-state index is 12.5. The van der Waals surface area contributed by atoms with Gasteiger partial charge in [0.15, 0.2) is 15.8 Å². The Labute approximate surface area is 170 Å². The first-order valence-electron chi connectivity index (χ1n) is 7.82. The highest BCUT2D eigenvalue weighted by Gasteiger charge is 2.20. The molecule has 0 saturated heterocycles. The highest BCUT2D eigenvalue weighted by Crippen LogP contribution is 2.12. The van der Waals surface area contributed by atoms with Crippen molar-refractivity contribution < 1.29 is 8.42 Å². The zero-order valence-corrected chi connectivity index (χ0v) is 18.3. The second-order valence-corrected chi connectivity index (χ2v) is 8.42. The lowest BCUT2D eigenvalue weighted by molar-refractivity contribution is 0.569. The largest absolute Gasteiger partial charge is 0.353 e. The lowest BCUT2D eigenvalue weighted by Crippen LogP contribution is -2.45. The average Bonchev–Trinajstić information content (AvgIpc) is 3.11. The van der Waals surface area contributed by atoms with E-state index in [2.05, 4.69) is 15.6 Å². The van der Waals surface area contributed by atoms with Gasteiger partial charge in [-0.05, 0) is 30.0 Å². The zero-order valence-electron chi connectivity index (χ0n) is 14.3. The lowest BCUT2D eigenvalue weighted by atomic mass is 10.3. The van der Waals surface area contributed by atoms with Gasteiger partial charge in [0, 0.05) is 18.0 Å². The van der Waals surface area contributed by atoms with Crippen LogP contribution in [0.1, 0.15) is 18.2 Å². The molecular weight excluding hydrogens is 469 g/mol. The van der Waals surface area contributed by atoms with Crippen molar-refractivity contribution in [3.8, 4) is 0 Å². The van der Waals surface area contributed by atoms with Gasteiger partial charge in [0.25, 0.3) is 0 Å². The quantitative estimate of drug-likeness (QED) is 0.353. The summed E-state index contributed by atoms with van der Waals surface area (Å²) >= 11 is 1.67. The van der Waals surface area contributed by atoms with Crippen molar-refractivity contribution >= 4 is 51.1 Å². The van der Waals surface area contributed by atoms with Crippen LogP contribution in [0.4, 0.5) is 0 Å². The number of thiophene rings is 1. The molecular formula is C17H24IN3O2S2. The van der Waals surface area contributed by atoms with Crippen molar-refractivity contribution in [2.24, 2.45) is 4.99 Å². The molecule has 0 aliphatic carbocycles. The number of hydrogen-bond acceptors (Lipinski definition) is 4. The van der Waals surface area contributed by atoms with Crippen LogP contribution in [0, 0.1) is 0 Å². The molecule has 8 heteroatoms. The Morgan fingerprint density at radius 3 is 2.48 bits per heavy atom. The molecule has 1 aromatic carbocycles. The Kier molecular flexibility index (Phi) is 9.44. The zero-order chi connectivity index (χ0) is 17.4. The summed E-state index contributed by atoms with van der Waals surface area (Å²) in [5.41, 5.74) is 0. The summed E-state index contributed by atoms with van der Waals surface area (Å²) in [5, 5.41) is 8.45. The highest BCUT2D eigenvalue weighted by molar-refractivity contribution is 14.0. The summed E-state index contributed by atoms with van der Waals surface area (Å²) in [4.78, 5) is 5.73. The van der Waals surface area contributed by atoms with Gasteiger partial charge >= 0.3 is 0 Å². The van der Waals surface area contributed by atoms with E-state index in [1.54, 1.807) is 42.6 Å². The second-order valence-electron chi connectivity index (χ2n) is 5.35. The van der Waals surface area contributed by atoms with Crippen molar-refractivity contribution in [2.45, 2.75) is 30.8 Å². The van der Waals surface area contributed by atoms with Gasteiger partial charge in [-0.2, -0.15) is 0 Å². The Morgan fingerprint density at radius 1 is 1.20 bits per heavy atom. The average molecular weight is 493 g/mol. The van der Waals surface area contributed by atoms with E-state index in [1.165, 1.54) is 4.88 Å². The highest BCUT2D eigenvalue weighted by atomic mass is 127. The summed E-state index contributed by atoms with van der Waals surface area (Å²) in [5.74, 6) is 0.645. The lowest BCUT2D eigenvalue weighted by Gasteiger charge is -2.20. The van der Waals surface area contributed by atoms with Crippen LogP contribution in [0.25, 0.3) is 0 Å². The molecule has 0 saturated carbocycles. The molecule has 0 spiro atoms. The molecule has 1 unspecified atom stereocenters. The number of nitrogens with one attached hydrogen (secondary N) is 2. The monoisotopic (exact) mass is 493 g/mol. The van der Waals surface area contributed by atoms with Crippen LogP contribution in [-0.2, 0) is 16.4 Å². The van der Waals surface area contributed by atoms with Gasteiger partial charge in [-0.15, -0.1) is 35.3 Å². The number of rotatable bonds is 7. The van der Waals surface area contributed by atoms with Gasteiger partial charge < -0.3 is 10.6 Å². The number of guanidine groups is 1. The molecule has 25 heavy (non-hydrogen) atoms. The van der Waals surface area contributed by atoms with E-state index in [9.17, 15) is 8.42 Å². The van der Waals surface area contributed by atoms with Crippen molar-refractivity contribution in [3.63, 3.8) is 0 Å². The van der Waals surface area contributed by atoms with Crippen molar-refractivity contribution in [3.05, 3.63) is 52.7 Å². The molecule has 1 atom stereocenters. The van der Waals surface area contributed by atoms with Gasteiger partial charge in [-0.25, -0.2) is 8.42 Å². The predicted octanol–water partition coefficient (Wildman–Crippen LogP) is 3.28. The predicted molar refractivity (Wildman–Crippen MR) is 116 cm³/mol. The maximum atomic E-state index is 12.5. The third-order valence-corrected chi connectivity index (χ3v) is 6.30. The number of halogens is 1. The maximum Gasteiger partial charge on any atom is 0.191 e. The van der Waals surface area contributed by atoms with Gasteiger partial charge in [-0.3, -0.25) is 4.99 Å². The Morgan fingerprint density at radius 2 is 1.92 bits per heavy atom. The van der Waals surface area contributed by atoms with E-state index in [0.717, 1.165) is 0 Å². The van der Waals surface area contributed by atoms with Crippen LogP contribution in [0.3, 0.4) is 0 Å². The minimum atomic E-state index is -3.33. The van der Waals surface area contributed by atoms with Crippen LogP contribution in [0.5, 0.6) is 0 Å². The van der Waals surface area contributed by atoms with Crippen molar-refractivity contribution in [1.82, 2.24) is 10.6 Å². The second kappa shape index (κ2) is 10.8. The first-order chi connectivity index (χ1) is 11.5. The summed E-state index contributed by atoms with van der Waals surface area (Å²) in [6.45, 7) is 2.63. The summed E-state index contributed by atoms with van der Waals surface area (Å²) in [7, 11) is -1.64. The fourth-order valence-electron chi connectivity index (χ4n) is 2.22. The van der Waals surface area contributed by atoms with Crippen LogP contribution < -0.4 is 10.6 Å². The van der Waals surface area contributed by atoms with E-state index >= 15 is 0 Å². The summed E-state index contributed by atoms with van der Waals surface area (Å²) in [6, 6.07) is 12.4. The number of nitrogens with zero attached hydrogens (tertiary/aromatic N) is 1. The normalized spacial score (nSPS) is 13.0. The van der Waals surface area contributed by atoms with Crippen molar-refractivity contribution in [2.75, 3.05) is 12.8 Å². The number of hydrogen-bond donors (Lipinski definition) is 2. The Hall–Kier alpha value is -1.13. The van der Waals surface area contributed by atoms with Gasteiger partial charge in [0.1, 0.15) is 0 Å². The van der Waals surface area contributed by atoms with E-state index in [4.69, 9.17) is 0 Å². The Balaban J connectivity index is 0.00000312. The summed E-state index contributed by atoms with van der Waals surface area (Å²) < 4.78 is 25.0. The minimum absolute atomic E-state index is 0. The van der Waals surface area contributed by atoms with Crippen LogP contribution in [0.15, 0.2) is 57.7 Å². The number of aliphatic imine (C=N–C) groups is 1. The Bertz CT molecular complexity index is 747. The first kappa shape index (κ1) is 21.9. The fraction of sp³-hybridized carbons (Fsp3) is 0.353. The smallest absolute Gasteiger partial charge is 0.191 e. The van der Waals surface area contributed by atoms with E-state index in [-0.39, 0.29) is 35.8 Å². The van der Waals surface area contributed by atoms with Gasteiger partial charge in [-0.1, -0.05) is 31.2 Å². The molecule has 5 nitrogen and oxygen atoms in total. The fourth-order valence-corrected chi connectivity index (χ4v) is 4.48. The summed E-state index contributed by atoms with van der Waals surface area (Å²) in [6.07, 6.45) is 0.686. The molecule has 2 N–H and O–H groups in total. The number of benzene rings is 1. The van der Waals surface area contributed by atoms with Gasteiger partial charge in [0.05, 0.1) is 17.2 Å². The third-order valence-electron chi connectivity index (χ3n) is 3.59. The third kappa shape index (κ3) is 6.95. The molecule has 0 aliphatic rings.